The fourth-order valence-corrected chi connectivity index (χ4v) is 3.18. The van der Waals surface area contributed by atoms with Crippen LogP contribution in [-0.4, -0.2) is 35.5 Å². The van der Waals surface area contributed by atoms with Gasteiger partial charge >= 0.3 is 0 Å². The summed E-state index contributed by atoms with van der Waals surface area (Å²) in [4.78, 5) is 26.4. The summed E-state index contributed by atoms with van der Waals surface area (Å²) >= 11 is 12.1. The zero-order chi connectivity index (χ0) is 21.1. The van der Waals surface area contributed by atoms with Gasteiger partial charge in [0.1, 0.15) is 22.8 Å². The number of anilines is 1. The van der Waals surface area contributed by atoms with Crippen LogP contribution in [0.2, 0.25) is 10.0 Å². The number of nitrogens with zero attached hydrogens (tertiary/aromatic N) is 2. The summed E-state index contributed by atoms with van der Waals surface area (Å²) in [6.07, 6.45) is 0. The molecule has 1 N–H and O–H groups in total. The minimum absolute atomic E-state index is 0.0195. The van der Waals surface area contributed by atoms with Gasteiger partial charge in [0.05, 0.1) is 27.8 Å². The first kappa shape index (κ1) is 20.8. The second-order valence-electron chi connectivity index (χ2n) is 6.25. The number of benzene rings is 2. The molecule has 150 valence electrons. The molecule has 1 heterocycles. The van der Waals surface area contributed by atoms with Gasteiger partial charge in [0.15, 0.2) is 0 Å². The lowest BCUT2D eigenvalue weighted by atomic mass is 10.0. The summed E-state index contributed by atoms with van der Waals surface area (Å²) in [6, 6.07) is 10.9. The van der Waals surface area contributed by atoms with Crippen LogP contribution < -0.4 is 5.32 Å². The van der Waals surface area contributed by atoms with Crippen LogP contribution in [-0.2, 0) is 4.79 Å². The molecule has 6 nitrogen and oxygen atoms in total. The molecule has 0 bridgehead atoms. The Bertz CT molecular complexity index is 1060. The van der Waals surface area contributed by atoms with Crippen LogP contribution in [0.5, 0.6) is 0 Å². The third-order valence-electron chi connectivity index (χ3n) is 4.15. The van der Waals surface area contributed by atoms with E-state index in [0.717, 1.165) is 0 Å². The van der Waals surface area contributed by atoms with Gasteiger partial charge in [-0.25, -0.2) is 4.39 Å². The topological polar surface area (TPSA) is 75.4 Å². The molecule has 0 fully saturated rings. The lowest BCUT2D eigenvalue weighted by molar-refractivity contribution is -0.116. The highest BCUT2D eigenvalue weighted by molar-refractivity contribution is 6.34. The number of para-hydroxylation sites is 1. The summed E-state index contributed by atoms with van der Waals surface area (Å²) in [7, 11) is 1.44. The summed E-state index contributed by atoms with van der Waals surface area (Å²) in [5, 5.41) is 6.91. The van der Waals surface area contributed by atoms with E-state index in [1.54, 1.807) is 24.3 Å². The van der Waals surface area contributed by atoms with E-state index in [2.05, 4.69) is 10.5 Å². The molecule has 0 atom stereocenters. The van der Waals surface area contributed by atoms with Crippen LogP contribution in [0.25, 0.3) is 11.3 Å². The first-order valence-electron chi connectivity index (χ1n) is 8.50. The molecule has 1 aromatic heterocycles. The molecule has 2 aromatic carbocycles. The van der Waals surface area contributed by atoms with Crippen molar-refractivity contribution in [3.05, 3.63) is 69.7 Å². The maximum Gasteiger partial charge on any atom is 0.259 e. The standard InChI is InChI=1S/C20H16Cl2FN3O3/c1-11-17(19(25-29-11)18-13(22)7-5-8-14(18)23)20(28)26(2)10-16(27)24-15-9-4-3-6-12(15)21/h3-9H,10H2,1-2H3,(H,24,27). The monoisotopic (exact) mass is 435 g/mol. The Kier molecular flexibility index (Phi) is 6.20. The fourth-order valence-electron chi connectivity index (χ4n) is 2.75. The number of carbonyl (C=O) groups excluding carboxylic acids is 2. The third kappa shape index (κ3) is 4.41. The summed E-state index contributed by atoms with van der Waals surface area (Å²) in [5.41, 5.74) is 0.405. The van der Waals surface area contributed by atoms with Gasteiger partial charge < -0.3 is 14.7 Å². The van der Waals surface area contributed by atoms with Gasteiger partial charge in [-0.3, -0.25) is 9.59 Å². The van der Waals surface area contributed by atoms with Gasteiger partial charge in [0.25, 0.3) is 5.91 Å². The molecule has 0 aliphatic heterocycles. The van der Waals surface area contributed by atoms with E-state index in [1.165, 1.54) is 37.1 Å². The Morgan fingerprint density at radius 3 is 2.52 bits per heavy atom. The van der Waals surface area contributed by atoms with Crippen LogP contribution in [0.3, 0.4) is 0 Å². The number of carbonyl (C=O) groups is 2. The maximum atomic E-state index is 14.3. The Labute approximate surface area is 176 Å². The third-order valence-corrected chi connectivity index (χ3v) is 4.80. The van der Waals surface area contributed by atoms with E-state index in [0.29, 0.717) is 10.7 Å². The summed E-state index contributed by atoms with van der Waals surface area (Å²) < 4.78 is 19.4. The first-order chi connectivity index (χ1) is 13.8. The minimum Gasteiger partial charge on any atom is -0.360 e. The number of aromatic nitrogens is 1. The quantitative estimate of drug-likeness (QED) is 0.623. The second kappa shape index (κ2) is 8.63. The van der Waals surface area contributed by atoms with Crippen LogP contribution in [0, 0.1) is 12.7 Å². The molecular weight excluding hydrogens is 420 g/mol. The van der Waals surface area contributed by atoms with Gasteiger partial charge in [0.2, 0.25) is 5.91 Å². The van der Waals surface area contributed by atoms with Crippen molar-refractivity contribution in [1.29, 1.82) is 0 Å². The number of halogens is 3. The largest absolute Gasteiger partial charge is 0.360 e. The average molecular weight is 436 g/mol. The summed E-state index contributed by atoms with van der Waals surface area (Å²) in [6.45, 7) is 1.26. The number of nitrogens with one attached hydrogen (secondary N) is 1. The predicted molar refractivity (Wildman–Crippen MR) is 109 cm³/mol. The molecule has 0 aliphatic carbocycles. The maximum absolute atomic E-state index is 14.3. The Hall–Kier alpha value is -2.90. The number of rotatable bonds is 5. The molecule has 3 aromatic rings. The number of hydrogen-bond donors (Lipinski definition) is 1. The molecule has 3 rings (SSSR count). The Balaban J connectivity index is 1.83. The van der Waals surface area contributed by atoms with E-state index in [4.69, 9.17) is 27.7 Å². The van der Waals surface area contributed by atoms with Crippen molar-refractivity contribution < 1.29 is 18.5 Å². The number of likely N-dealkylation sites (N-methyl/N-ethyl adjacent to an activating group) is 1. The van der Waals surface area contributed by atoms with Crippen LogP contribution >= 0.6 is 23.2 Å². The zero-order valence-electron chi connectivity index (χ0n) is 15.5. The summed E-state index contributed by atoms with van der Waals surface area (Å²) in [5.74, 6) is -1.47. The highest BCUT2D eigenvalue weighted by Gasteiger charge is 2.28. The van der Waals surface area contributed by atoms with Crippen LogP contribution in [0.15, 0.2) is 47.0 Å². The van der Waals surface area contributed by atoms with E-state index < -0.39 is 17.6 Å². The van der Waals surface area contributed by atoms with E-state index in [1.807, 2.05) is 0 Å². The Morgan fingerprint density at radius 2 is 1.83 bits per heavy atom. The fraction of sp³-hybridized carbons (Fsp3) is 0.150. The van der Waals surface area contributed by atoms with Crippen molar-refractivity contribution in [3.63, 3.8) is 0 Å². The molecule has 29 heavy (non-hydrogen) atoms. The van der Waals surface area contributed by atoms with E-state index in [9.17, 15) is 14.0 Å². The predicted octanol–water partition coefficient (Wildman–Crippen LogP) is 4.81. The van der Waals surface area contributed by atoms with E-state index in [-0.39, 0.29) is 34.1 Å². The van der Waals surface area contributed by atoms with E-state index >= 15 is 0 Å². The first-order valence-corrected chi connectivity index (χ1v) is 9.25. The zero-order valence-corrected chi connectivity index (χ0v) is 17.0. The van der Waals surface area contributed by atoms with Crippen LogP contribution in [0.4, 0.5) is 10.1 Å². The van der Waals surface area contributed by atoms with Crippen molar-refractivity contribution in [1.82, 2.24) is 10.1 Å². The van der Waals surface area contributed by atoms with Gasteiger partial charge in [0, 0.05) is 7.05 Å². The molecule has 0 radical (unpaired) electrons. The Morgan fingerprint density at radius 1 is 1.14 bits per heavy atom. The number of amides is 2. The van der Waals surface area contributed by atoms with Crippen LogP contribution in [0.1, 0.15) is 16.1 Å². The molecule has 0 saturated heterocycles. The van der Waals surface area contributed by atoms with Gasteiger partial charge in [-0.15, -0.1) is 0 Å². The van der Waals surface area contributed by atoms with Crippen molar-refractivity contribution in [2.45, 2.75) is 6.92 Å². The second-order valence-corrected chi connectivity index (χ2v) is 7.06. The molecule has 0 spiro atoms. The lowest BCUT2D eigenvalue weighted by Crippen LogP contribution is -2.35. The normalized spacial score (nSPS) is 10.7. The van der Waals surface area contributed by atoms with Crippen molar-refractivity contribution in [2.75, 3.05) is 18.9 Å². The minimum atomic E-state index is -0.640. The highest BCUT2D eigenvalue weighted by Crippen LogP contribution is 2.33. The smallest absolute Gasteiger partial charge is 0.259 e. The molecule has 0 unspecified atom stereocenters. The molecule has 0 aliphatic rings. The lowest BCUT2D eigenvalue weighted by Gasteiger charge is -2.17. The molecule has 0 saturated carbocycles. The SMILES string of the molecule is Cc1onc(-c2c(F)cccc2Cl)c1C(=O)N(C)CC(=O)Nc1ccccc1Cl. The molecule has 9 heteroatoms. The van der Waals surface area contributed by atoms with Gasteiger partial charge in [-0.05, 0) is 31.2 Å². The molecule has 2 amide bonds. The number of hydrogen-bond acceptors (Lipinski definition) is 4. The highest BCUT2D eigenvalue weighted by atomic mass is 35.5. The van der Waals surface area contributed by atoms with Crippen molar-refractivity contribution >= 4 is 40.7 Å². The van der Waals surface area contributed by atoms with Gasteiger partial charge in [-0.2, -0.15) is 0 Å². The average Bonchev–Trinajstić information content (AvgIpc) is 3.04. The van der Waals surface area contributed by atoms with Gasteiger partial charge in [-0.1, -0.05) is 46.6 Å². The molecular formula is C20H16Cl2FN3O3. The van der Waals surface area contributed by atoms with Crippen molar-refractivity contribution in [2.24, 2.45) is 0 Å². The number of aryl methyl sites for hydroxylation is 1. The van der Waals surface area contributed by atoms with Crippen molar-refractivity contribution in [3.8, 4) is 11.3 Å².